The Kier molecular flexibility index (Phi) is 5.85. The van der Waals surface area contributed by atoms with Gasteiger partial charge in [0.25, 0.3) is 0 Å². The van der Waals surface area contributed by atoms with Gasteiger partial charge in [-0.15, -0.1) is 5.10 Å². The number of benzene rings is 1. The molecule has 1 amide bonds. The third kappa shape index (κ3) is 4.91. The van der Waals surface area contributed by atoms with Crippen molar-refractivity contribution < 1.29 is 14.3 Å². The lowest BCUT2D eigenvalue weighted by Crippen LogP contribution is -2.20. The molecule has 0 radical (unpaired) electrons. The van der Waals surface area contributed by atoms with E-state index in [1.54, 1.807) is 30.5 Å². The van der Waals surface area contributed by atoms with Crippen molar-refractivity contribution in [1.82, 2.24) is 15.0 Å². The summed E-state index contributed by atoms with van der Waals surface area (Å²) in [5.74, 6) is -0.628. The molecule has 0 saturated carbocycles. The van der Waals surface area contributed by atoms with E-state index in [1.807, 2.05) is 13.8 Å². The second kappa shape index (κ2) is 8.07. The number of ether oxygens (including phenoxy) is 1. The molecular weight excluding hydrogens is 296 g/mol. The van der Waals surface area contributed by atoms with Crippen LogP contribution in [0.5, 0.6) is 0 Å². The van der Waals surface area contributed by atoms with Gasteiger partial charge in [-0.05, 0) is 31.5 Å². The predicted octanol–water partition coefficient (Wildman–Crippen LogP) is 2.18. The predicted molar refractivity (Wildman–Crippen MR) is 85.0 cm³/mol. The highest BCUT2D eigenvalue weighted by molar-refractivity contribution is 5.94. The number of aromatic nitrogens is 3. The molecule has 0 fully saturated rings. The highest BCUT2D eigenvalue weighted by Gasteiger charge is 2.10. The summed E-state index contributed by atoms with van der Waals surface area (Å²) in [6.45, 7) is 4.32. The van der Waals surface area contributed by atoms with E-state index in [9.17, 15) is 9.59 Å². The van der Waals surface area contributed by atoms with E-state index < -0.39 is 0 Å². The van der Waals surface area contributed by atoms with Crippen LogP contribution in [0.25, 0.3) is 0 Å². The minimum Gasteiger partial charge on any atom is -0.462 e. The molecule has 0 aliphatic carbocycles. The average molecular weight is 316 g/mol. The molecule has 7 heteroatoms. The first kappa shape index (κ1) is 16.7. The van der Waals surface area contributed by atoms with E-state index in [-0.39, 0.29) is 18.4 Å². The topological polar surface area (TPSA) is 86.1 Å². The number of unbranched alkanes of at least 4 members (excludes halogenated alkanes) is 1. The zero-order valence-electron chi connectivity index (χ0n) is 13.3. The number of hydrogen-bond acceptors (Lipinski definition) is 5. The Bertz CT molecular complexity index is 681. The van der Waals surface area contributed by atoms with Crippen molar-refractivity contribution in [2.45, 2.75) is 33.2 Å². The molecule has 0 bridgehead atoms. The van der Waals surface area contributed by atoms with Gasteiger partial charge in [0, 0.05) is 5.69 Å². The van der Waals surface area contributed by atoms with E-state index >= 15 is 0 Å². The molecule has 122 valence electrons. The lowest BCUT2D eigenvalue weighted by atomic mass is 10.2. The van der Waals surface area contributed by atoms with Gasteiger partial charge in [-0.25, -0.2) is 9.48 Å². The molecule has 7 nitrogen and oxygen atoms in total. The van der Waals surface area contributed by atoms with Gasteiger partial charge in [0.2, 0.25) is 5.91 Å². The van der Waals surface area contributed by atoms with Crippen molar-refractivity contribution in [2.24, 2.45) is 0 Å². The van der Waals surface area contributed by atoms with Crippen molar-refractivity contribution in [3.05, 3.63) is 41.7 Å². The van der Waals surface area contributed by atoms with Gasteiger partial charge >= 0.3 is 5.97 Å². The molecule has 23 heavy (non-hydrogen) atoms. The molecule has 0 aliphatic heterocycles. The molecule has 1 aromatic heterocycles. The molecule has 0 aliphatic rings. The fourth-order valence-corrected chi connectivity index (χ4v) is 1.92. The zero-order valence-corrected chi connectivity index (χ0v) is 13.3. The molecule has 2 rings (SSSR count). The molecule has 0 atom stereocenters. The lowest BCUT2D eigenvalue weighted by Gasteiger charge is -2.08. The van der Waals surface area contributed by atoms with Crippen LogP contribution in [-0.4, -0.2) is 33.5 Å². The number of nitrogens with one attached hydrogen (secondary N) is 1. The molecule has 0 unspecified atom stereocenters. The van der Waals surface area contributed by atoms with Gasteiger partial charge in [0.1, 0.15) is 6.54 Å². The Morgan fingerprint density at radius 2 is 2.17 bits per heavy atom. The maximum Gasteiger partial charge on any atom is 0.338 e. The average Bonchev–Trinajstić information content (AvgIpc) is 2.92. The summed E-state index contributed by atoms with van der Waals surface area (Å²) in [5.41, 5.74) is 1.75. The van der Waals surface area contributed by atoms with Crippen LogP contribution in [0.2, 0.25) is 0 Å². The van der Waals surface area contributed by atoms with Crippen LogP contribution in [0.3, 0.4) is 0 Å². The van der Waals surface area contributed by atoms with Crippen molar-refractivity contribution >= 4 is 17.6 Å². The summed E-state index contributed by atoms with van der Waals surface area (Å²) in [7, 11) is 0. The minimum absolute atomic E-state index is 0.0665. The summed E-state index contributed by atoms with van der Waals surface area (Å²) in [4.78, 5) is 23.9. The Balaban J connectivity index is 1.95. The number of carbonyl (C=O) groups is 2. The smallest absolute Gasteiger partial charge is 0.338 e. The number of rotatable bonds is 7. The normalized spacial score (nSPS) is 10.3. The van der Waals surface area contributed by atoms with Gasteiger partial charge in [-0.1, -0.05) is 24.6 Å². The number of esters is 1. The van der Waals surface area contributed by atoms with E-state index in [1.165, 1.54) is 4.68 Å². The zero-order chi connectivity index (χ0) is 16.7. The summed E-state index contributed by atoms with van der Waals surface area (Å²) in [6, 6.07) is 6.67. The van der Waals surface area contributed by atoms with Crippen LogP contribution in [0, 0.1) is 6.92 Å². The standard InChI is InChI=1S/C16H20N4O3/c1-3-4-8-23-16(22)13-6-5-7-14(9-13)18-15(21)11-20-12(2)10-17-19-20/h5-7,9-10H,3-4,8,11H2,1-2H3,(H,18,21). The van der Waals surface area contributed by atoms with Crippen molar-refractivity contribution in [2.75, 3.05) is 11.9 Å². The van der Waals surface area contributed by atoms with Crippen molar-refractivity contribution in [3.8, 4) is 0 Å². The second-order valence-electron chi connectivity index (χ2n) is 5.15. The lowest BCUT2D eigenvalue weighted by molar-refractivity contribution is -0.117. The number of amides is 1. The first-order valence-corrected chi connectivity index (χ1v) is 7.52. The fourth-order valence-electron chi connectivity index (χ4n) is 1.92. The number of hydrogen-bond donors (Lipinski definition) is 1. The van der Waals surface area contributed by atoms with Crippen LogP contribution in [0.4, 0.5) is 5.69 Å². The monoisotopic (exact) mass is 316 g/mol. The quantitative estimate of drug-likeness (QED) is 0.625. The number of aryl methyl sites for hydroxylation is 1. The maximum atomic E-state index is 12.0. The van der Waals surface area contributed by atoms with Gasteiger partial charge in [0.15, 0.2) is 0 Å². The molecule has 1 N–H and O–H groups in total. The number of carbonyl (C=O) groups excluding carboxylic acids is 2. The van der Waals surface area contributed by atoms with Crippen LogP contribution in [-0.2, 0) is 16.1 Å². The van der Waals surface area contributed by atoms with Crippen molar-refractivity contribution in [3.63, 3.8) is 0 Å². The maximum absolute atomic E-state index is 12.0. The Hall–Kier alpha value is -2.70. The summed E-state index contributed by atoms with van der Waals surface area (Å²) >= 11 is 0. The van der Waals surface area contributed by atoms with Crippen molar-refractivity contribution in [1.29, 1.82) is 0 Å². The summed E-state index contributed by atoms with van der Waals surface area (Å²) < 4.78 is 6.65. The summed E-state index contributed by atoms with van der Waals surface area (Å²) in [6.07, 6.45) is 3.38. The van der Waals surface area contributed by atoms with E-state index in [2.05, 4.69) is 15.6 Å². The molecule has 1 heterocycles. The molecular formula is C16H20N4O3. The second-order valence-corrected chi connectivity index (χ2v) is 5.15. The molecule has 0 saturated heterocycles. The molecule has 2 aromatic rings. The van der Waals surface area contributed by atoms with Crippen LogP contribution < -0.4 is 5.32 Å². The van der Waals surface area contributed by atoms with Gasteiger partial charge < -0.3 is 10.1 Å². The Morgan fingerprint density at radius 3 is 2.87 bits per heavy atom. The Labute approximate surface area is 134 Å². The first-order valence-electron chi connectivity index (χ1n) is 7.52. The third-order valence-corrected chi connectivity index (χ3v) is 3.22. The van der Waals surface area contributed by atoms with Crippen LogP contribution >= 0.6 is 0 Å². The van der Waals surface area contributed by atoms with E-state index in [4.69, 9.17) is 4.74 Å². The fraction of sp³-hybridized carbons (Fsp3) is 0.375. The van der Waals surface area contributed by atoms with Gasteiger partial charge in [0.05, 0.1) is 24.1 Å². The highest BCUT2D eigenvalue weighted by Crippen LogP contribution is 2.12. The van der Waals surface area contributed by atoms with Gasteiger partial charge in [-0.3, -0.25) is 4.79 Å². The highest BCUT2D eigenvalue weighted by atomic mass is 16.5. The minimum atomic E-state index is -0.387. The molecule has 0 spiro atoms. The number of nitrogens with zero attached hydrogens (tertiary/aromatic N) is 3. The molecule has 1 aromatic carbocycles. The van der Waals surface area contributed by atoms with E-state index in [0.29, 0.717) is 17.9 Å². The van der Waals surface area contributed by atoms with Crippen LogP contribution in [0.15, 0.2) is 30.5 Å². The SMILES string of the molecule is CCCCOC(=O)c1cccc(NC(=O)Cn2nncc2C)c1. The van der Waals surface area contributed by atoms with E-state index in [0.717, 1.165) is 18.5 Å². The van der Waals surface area contributed by atoms with Gasteiger partial charge in [-0.2, -0.15) is 0 Å². The largest absolute Gasteiger partial charge is 0.462 e. The van der Waals surface area contributed by atoms with Crippen LogP contribution in [0.1, 0.15) is 35.8 Å². The Morgan fingerprint density at radius 1 is 1.35 bits per heavy atom. The number of anilines is 1. The first-order chi connectivity index (χ1) is 11.1. The third-order valence-electron chi connectivity index (χ3n) is 3.22. The summed E-state index contributed by atoms with van der Waals surface area (Å²) in [5, 5.41) is 10.3.